The van der Waals surface area contributed by atoms with Crippen molar-refractivity contribution in [3.05, 3.63) is 42.1 Å². The van der Waals surface area contributed by atoms with Gasteiger partial charge in [-0.1, -0.05) is 23.4 Å². The van der Waals surface area contributed by atoms with Crippen LogP contribution in [0.1, 0.15) is 12.7 Å². The molecule has 4 rings (SSSR count). The lowest BCUT2D eigenvalue weighted by molar-refractivity contribution is -0.111. The van der Waals surface area contributed by atoms with Crippen molar-refractivity contribution in [1.29, 1.82) is 0 Å². The van der Waals surface area contributed by atoms with Crippen LogP contribution in [0.4, 0.5) is 4.39 Å². The molecule has 0 saturated carbocycles. The van der Waals surface area contributed by atoms with Gasteiger partial charge in [0, 0.05) is 11.5 Å². The van der Waals surface area contributed by atoms with Crippen molar-refractivity contribution in [3.63, 3.8) is 0 Å². The standard InChI is InChI=1S/C16H16FN5O3/c1-16(9-23-10-16)8-22-6-13(19-21-22)15-18-14(20-25-15)7-24-12-4-2-3-11(17)5-12/h2-6H,7-10H2,1H3. The van der Waals surface area contributed by atoms with Crippen molar-refractivity contribution < 1.29 is 18.4 Å². The van der Waals surface area contributed by atoms with Gasteiger partial charge in [-0.25, -0.2) is 4.39 Å². The minimum Gasteiger partial charge on any atom is -0.485 e. The second-order valence-electron chi connectivity index (χ2n) is 6.37. The molecule has 0 radical (unpaired) electrons. The molecule has 130 valence electrons. The second kappa shape index (κ2) is 6.25. The molecule has 0 amide bonds. The average molecular weight is 345 g/mol. The largest absolute Gasteiger partial charge is 0.485 e. The van der Waals surface area contributed by atoms with Crippen molar-refractivity contribution >= 4 is 0 Å². The van der Waals surface area contributed by atoms with Crippen molar-refractivity contribution in [2.45, 2.75) is 20.1 Å². The minimum atomic E-state index is -0.367. The summed E-state index contributed by atoms with van der Waals surface area (Å²) in [6.45, 7) is 4.33. The molecular weight excluding hydrogens is 329 g/mol. The highest BCUT2D eigenvalue weighted by Gasteiger charge is 2.34. The lowest BCUT2D eigenvalue weighted by Gasteiger charge is -2.37. The van der Waals surface area contributed by atoms with Crippen LogP contribution in [-0.2, 0) is 17.9 Å². The summed E-state index contributed by atoms with van der Waals surface area (Å²) in [6, 6.07) is 5.86. The summed E-state index contributed by atoms with van der Waals surface area (Å²) in [6.07, 6.45) is 1.76. The summed E-state index contributed by atoms with van der Waals surface area (Å²) in [5.41, 5.74) is 0.581. The van der Waals surface area contributed by atoms with Crippen LogP contribution in [0.2, 0.25) is 0 Å². The van der Waals surface area contributed by atoms with Gasteiger partial charge < -0.3 is 14.0 Å². The van der Waals surface area contributed by atoms with Gasteiger partial charge in [-0.15, -0.1) is 5.10 Å². The van der Waals surface area contributed by atoms with Crippen molar-refractivity contribution in [3.8, 4) is 17.3 Å². The van der Waals surface area contributed by atoms with E-state index in [1.54, 1.807) is 23.0 Å². The maximum Gasteiger partial charge on any atom is 0.280 e. The highest BCUT2D eigenvalue weighted by molar-refractivity contribution is 5.43. The van der Waals surface area contributed by atoms with Crippen LogP contribution in [0.15, 0.2) is 35.0 Å². The molecular formula is C16H16FN5O3. The number of halogens is 1. The molecule has 0 aliphatic carbocycles. The van der Waals surface area contributed by atoms with Crippen LogP contribution in [0.3, 0.4) is 0 Å². The third kappa shape index (κ3) is 3.50. The Morgan fingerprint density at radius 1 is 1.36 bits per heavy atom. The molecule has 2 aromatic heterocycles. The Morgan fingerprint density at radius 2 is 2.24 bits per heavy atom. The van der Waals surface area contributed by atoms with Gasteiger partial charge >= 0.3 is 0 Å². The van der Waals surface area contributed by atoms with Crippen LogP contribution in [0.5, 0.6) is 5.75 Å². The molecule has 3 heterocycles. The predicted molar refractivity (Wildman–Crippen MR) is 83.0 cm³/mol. The van der Waals surface area contributed by atoms with E-state index in [0.29, 0.717) is 37.0 Å². The van der Waals surface area contributed by atoms with Gasteiger partial charge in [0.1, 0.15) is 11.6 Å². The molecule has 9 heteroatoms. The van der Waals surface area contributed by atoms with E-state index in [0.717, 1.165) is 0 Å². The zero-order valence-corrected chi connectivity index (χ0v) is 13.6. The highest BCUT2D eigenvalue weighted by Crippen LogP contribution is 2.28. The van der Waals surface area contributed by atoms with Crippen molar-refractivity contribution in [2.75, 3.05) is 13.2 Å². The lowest BCUT2D eigenvalue weighted by atomic mass is 9.89. The van der Waals surface area contributed by atoms with Crippen molar-refractivity contribution in [2.24, 2.45) is 5.41 Å². The number of benzene rings is 1. The van der Waals surface area contributed by atoms with E-state index in [4.69, 9.17) is 14.0 Å². The second-order valence-corrected chi connectivity index (χ2v) is 6.37. The number of rotatable bonds is 6. The molecule has 0 N–H and O–H groups in total. The Morgan fingerprint density at radius 3 is 3.00 bits per heavy atom. The van der Waals surface area contributed by atoms with Gasteiger partial charge in [-0.2, -0.15) is 4.98 Å². The monoisotopic (exact) mass is 345 g/mol. The predicted octanol–water partition coefficient (Wildman–Crippen LogP) is 2.08. The molecule has 3 aromatic rings. The van der Waals surface area contributed by atoms with Gasteiger partial charge in [0.15, 0.2) is 12.3 Å². The van der Waals surface area contributed by atoms with E-state index in [9.17, 15) is 4.39 Å². The summed E-state index contributed by atoms with van der Waals surface area (Å²) in [4.78, 5) is 4.22. The Labute approximate surface area is 142 Å². The van der Waals surface area contributed by atoms with Crippen LogP contribution >= 0.6 is 0 Å². The first kappa shape index (κ1) is 15.7. The van der Waals surface area contributed by atoms with Crippen LogP contribution in [-0.4, -0.2) is 38.3 Å². The summed E-state index contributed by atoms with van der Waals surface area (Å²) in [7, 11) is 0. The molecule has 1 saturated heterocycles. The van der Waals surface area contributed by atoms with E-state index >= 15 is 0 Å². The van der Waals surface area contributed by atoms with E-state index < -0.39 is 0 Å². The first-order valence-corrected chi connectivity index (χ1v) is 7.79. The normalized spacial score (nSPS) is 15.8. The van der Waals surface area contributed by atoms with Crippen molar-refractivity contribution in [1.82, 2.24) is 25.1 Å². The Balaban J connectivity index is 1.40. The molecule has 1 aliphatic heterocycles. The number of nitrogens with zero attached hydrogens (tertiary/aromatic N) is 5. The highest BCUT2D eigenvalue weighted by atomic mass is 19.1. The van der Waals surface area contributed by atoms with Gasteiger partial charge in [-0.3, -0.25) is 4.68 Å². The molecule has 1 aliphatic rings. The number of ether oxygens (including phenoxy) is 2. The smallest absolute Gasteiger partial charge is 0.280 e. The van der Waals surface area contributed by atoms with Gasteiger partial charge in [0.25, 0.3) is 5.89 Å². The van der Waals surface area contributed by atoms with Gasteiger partial charge in [0.2, 0.25) is 5.82 Å². The summed E-state index contributed by atoms with van der Waals surface area (Å²) < 4.78 is 30.7. The van der Waals surface area contributed by atoms with E-state index in [1.807, 2.05) is 0 Å². The number of hydrogen-bond donors (Lipinski definition) is 0. The maximum atomic E-state index is 13.1. The molecule has 8 nitrogen and oxygen atoms in total. The third-order valence-electron chi connectivity index (χ3n) is 3.83. The van der Waals surface area contributed by atoms with E-state index in [1.165, 1.54) is 12.1 Å². The Bertz CT molecular complexity index is 874. The fourth-order valence-electron chi connectivity index (χ4n) is 2.53. The minimum absolute atomic E-state index is 0.0660. The third-order valence-corrected chi connectivity index (χ3v) is 3.83. The summed E-state index contributed by atoms with van der Waals surface area (Å²) in [5, 5.41) is 12.0. The number of hydrogen-bond acceptors (Lipinski definition) is 7. The lowest BCUT2D eigenvalue weighted by Crippen LogP contribution is -2.43. The Kier molecular flexibility index (Phi) is 3.92. The molecule has 1 aromatic carbocycles. The van der Waals surface area contributed by atoms with Crippen LogP contribution in [0, 0.1) is 11.2 Å². The van der Waals surface area contributed by atoms with E-state index in [-0.39, 0.29) is 23.7 Å². The molecule has 25 heavy (non-hydrogen) atoms. The maximum absolute atomic E-state index is 13.1. The summed E-state index contributed by atoms with van der Waals surface area (Å²) in [5.74, 6) is 0.633. The Hall–Kier alpha value is -2.81. The molecule has 1 fully saturated rings. The molecule has 0 atom stereocenters. The fraction of sp³-hybridized carbons (Fsp3) is 0.375. The quantitative estimate of drug-likeness (QED) is 0.676. The molecule has 0 unspecified atom stereocenters. The average Bonchev–Trinajstić information content (AvgIpc) is 3.20. The fourth-order valence-corrected chi connectivity index (χ4v) is 2.53. The van der Waals surface area contributed by atoms with Crippen LogP contribution in [0.25, 0.3) is 11.6 Å². The van der Waals surface area contributed by atoms with Gasteiger partial charge in [-0.05, 0) is 12.1 Å². The van der Waals surface area contributed by atoms with E-state index in [2.05, 4.69) is 27.4 Å². The SMILES string of the molecule is CC1(Cn2cc(-c3nc(COc4cccc(F)c4)no3)nn2)COC1. The van der Waals surface area contributed by atoms with Gasteiger partial charge in [0.05, 0.1) is 26.0 Å². The topological polar surface area (TPSA) is 88.1 Å². The first-order valence-electron chi connectivity index (χ1n) is 7.79. The summed E-state index contributed by atoms with van der Waals surface area (Å²) >= 11 is 0. The zero-order valence-electron chi connectivity index (χ0n) is 13.6. The molecule has 0 bridgehead atoms. The zero-order chi connectivity index (χ0) is 17.3. The van der Waals surface area contributed by atoms with Crippen LogP contribution < -0.4 is 4.74 Å². The molecule has 0 spiro atoms. The first-order chi connectivity index (χ1) is 12.1. The number of aromatic nitrogens is 5.